The molecule has 0 aliphatic carbocycles. The van der Waals surface area contributed by atoms with Crippen molar-refractivity contribution in [2.45, 2.75) is 19.3 Å². The molecule has 5 heteroatoms. The van der Waals surface area contributed by atoms with Gasteiger partial charge in [-0.05, 0) is 30.7 Å². The first-order valence-corrected chi connectivity index (χ1v) is 6.71. The zero-order valence-corrected chi connectivity index (χ0v) is 11.0. The molecule has 4 nitrogen and oxygen atoms in total. The maximum atomic E-state index is 12.8. The average molecular weight is 274 g/mol. The maximum Gasteiger partial charge on any atom is 0.223 e. The van der Waals surface area contributed by atoms with Gasteiger partial charge in [0.1, 0.15) is 5.82 Å². The van der Waals surface area contributed by atoms with E-state index in [0.717, 1.165) is 25.1 Å². The van der Waals surface area contributed by atoms with Gasteiger partial charge in [-0.1, -0.05) is 0 Å². The summed E-state index contributed by atoms with van der Waals surface area (Å²) < 4.78 is 18.4. The van der Waals surface area contributed by atoms with Gasteiger partial charge in [0, 0.05) is 31.5 Å². The SMILES string of the molecule is O=C(CCc1ncc(-c2ccc(F)cc2)o1)N1CCC1. The number of amides is 1. The summed E-state index contributed by atoms with van der Waals surface area (Å²) in [6.07, 6.45) is 3.62. The number of nitrogens with zero attached hydrogens (tertiary/aromatic N) is 2. The van der Waals surface area contributed by atoms with E-state index in [-0.39, 0.29) is 11.7 Å². The summed E-state index contributed by atoms with van der Waals surface area (Å²) in [6.45, 7) is 1.73. The molecule has 0 radical (unpaired) electrons. The summed E-state index contributed by atoms with van der Waals surface area (Å²) in [4.78, 5) is 17.7. The minimum atomic E-state index is -0.284. The number of hydrogen-bond acceptors (Lipinski definition) is 3. The van der Waals surface area contributed by atoms with Crippen LogP contribution in [0, 0.1) is 5.82 Å². The van der Waals surface area contributed by atoms with Crippen LogP contribution in [0.1, 0.15) is 18.7 Å². The highest BCUT2D eigenvalue weighted by molar-refractivity contribution is 5.77. The molecule has 1 amide bonds. The van der Waals surface area contributed by atoms with Crippen LogP contribution in [0.2, 0.25) is 0 Å². The molecule has 3 rings (SSSR count). The molecule has 104 valence electrons. The third-order valence-corrected chi connectivity index (χ3v) is 3.44. The van der Waals surface area contributed by atoms with Crippen molar-refractivity contribution >= 4 is 5.91 Å². The van der Waals surface area contributed by atoms with Crippen molar-refractivity contribution in [2.24, 2.45) is 0 Å². The Morgan fingerprint density at radius 2 is 2.05 bits per heavy atom. The van der Waals surface area contributed by atoms with Crippen LogP contribution < -0.4 is 0 Å². The Morgan fingerprint density at radius 1 is 1.30 bits per heavy atom. The highest BCUT2D eigenvalue weighted by Crippen LogP contribution is 2.21. The predicted octanol–water partition coefficient (Wildman–Crippen LogP) is 2.65. The first kappa shape index (κ1) is 12.8. The molecule has 0 spiro atoms. The van der Waals surface area contributed by atoms with Gasteiger partial charge in [-0.3, -0.25) is 4.79 Å². The Balaban J connectivity index is 1.61. The van der Waals surface area contributed by atoms with Gasteiger partial charge in [0.2, 0.25) is 5.91 Å². The summed E-state index contributed by atoms with van der Waals surface area (Å²) >= 11 is 0. The van der Waals surface area contributed by atoms with E-state index >= 15 is 0 Å². The van der Waals surface area contributed by atoms with E-state index in [9.17, 15) is 9.18 Å². The first-order valence-electron chi connectivity index (χ1n) is 6.71. The van der Waals surface area contributed by atoms with Gasteiger partial charge in [-0.15, -0.1) is 0 Å². The van der Waals surface area contributed by atoms with Crippen LogP contribution >= 0.6 is 0 Å². The van der Waals surface area contributed by atoms with Crippen LogP contribution in [0.5, 0.6) is 0 Å². The van der Waals surface area contributed by atoms with Crippen molar-refractivity contribution in [3.8, 4) is 11.3 Å². The van der Waals surface area contributed by atoms with Gasteiger partial charge in [-0.25, -0.2) is 9.37 Å². The number of rotatable bonds is 4. The highest BCUT2D eigenvalue weighted by atomic mass is 19.1. The summed E-state index contributed by atoms with van der Waals surface area (Å²) in [5.74, 6) is 1.00. The standard InChI is InChI=1S/C15H15FN2O2/c16-12-4-2-11(3-5-12)13-10-17-14(20-13)6-7-15(19)18-8-1-9-18/h2-5,10H,1,6-9H2. The maximum absolute atomic E-state index is 12.8. The minimum Gasteiger partial charge on any atom is -0.441 e. The van der Waals surface area contributed by atoms with Crippen LogP contribution in [-0.4, -0.2) is 28.9 Å². The number of carbonyl (C=O) groups is 1. The zero-order chi connectivity index (χ0) is 13.9. The second-order valence-electron chi connectivity index (χ2n) is 4.86. The molecule has 1 aromatic heterocycles. The lowest BCUT2D eigenvalue weighted by Crippen LogP contribution is -2.42. The molecule has 2 heterocycles. The molecule has 1 saturated heterocycles. The van der Waals surface area contributed by atoms with Crippen LogP contribution in [0.25, 0.3) is 11.3 Å². The Hall–Kier alpha value is -2.17. The van der Waals surface area contributed by atoms with Crippen molar-refractivity contribution in [3.63, 3.8) is 0 Å². The molecule has 1 aliphatic rings. The van der Waals surface area contributed by atoms with Gasteiger partial charge < -0.3 is 9.32 Å². The monoisotopic (exact) mass is 274 g/mol. The number of hydrogen-bond donors (Lipinski definition) is 0. The lowest BCUT2D eigenvalue weighted by atomic mass is 10.2. The molecular formula is C15H15FN2O2. The quantitative estimate of drug-likeness (QED) is 0.861. The largest absolute Gasteiger partial charge is 0.441 e. The van der Waals surface area contributed by atoms with Gasteiger partial charge in [0.15, 0.2) is 11.7 Å². The number of aromatic nitrogens is 1. The first-order chi connectivity index (χ1) is 9.72. The average Bonchev–Trinajstić information content (AvgIpc) is 2.84. The zero-order valence-electron chi connectivity index (χ0n) is 11.0. The van der Waals surface area contributed by atoms with E-state index in [1.165, 1.54) is 12.1 Å². The fraction of sp³-hybridized carbons (Fsp3) is 0.333. The Morgan fingerprint density at radius 3 is 2.70 bits per heavy atom. The molecule has 1 aromatic carbocycles. The topological polar surface area (TPSA) is 46.3 Å². The lowest BCUT2D eigenvalue weighted by Gasteiger charge is -2.30. The number of halogens is 1. The van der Waals surface area contributed by atoms with Gasteiger partial charge in [0.25, 0.3) is 0 Å². The molecule has 1 aliphatic heterocycles. The minimum absolute atomic E-state index is 0.151. The van der Waals surface area contributed by atoms with E-state index in [2.05, 4.69) is 4.98 Å². The third kappa shape index (κ3) is 2.71. The van der Waals surface area contributed by atoms with E-state index < -0.39 is 0 Å². The predicted molar refractivity (Wildman–Crippen MR) is 71.4 cm³/mol. The summed E-state index contributed by atoms with van der Waals surface area (Å²) in [5.41, 5.74) is 0.777. The van der Waals surface area contributed by atoms with Crippen LogP contribution in [0.15, 0.2) is 34.9 Å². The summed E-state index contributed by atoms with van der Waals surface area (Å²) in [7, 11) is 0. The molecular weight excluding hydrogens is 259 g/mol. The molecule has 0 N–H and O–H groups in total. The number of carbonyl (C=O) groups excluding carboxylic acids is 1. The summed E-state index contributed by atoms with van der Waals surface area (Å²) in [6, 6.07) is 6.05. The van der Waals surface area contributed by atoms with E-state index in [4.69, 9.17) is 4.42 Å². The van der Waals surface area contributed by atoms with Crippen LogP contribution in [0.3, 0.4) is 0 Å². The van der Waals surface area contributed by atoms with Gasteiger partial charge in [0.05, 0.1) is 6.20 Å². The highest BCUT2D eigenvalue weighted by Gasteiger charge is 2.20. The molecule has 0 atom stereocenters. The normalized spacial score (nSPS) is 14.2. The van der Waals surface area contributed by atoms with Crippen LogP contribution in [-0.2, 0) is 11.2 Å². The Labute approximate surface area is 116 Å². The number of aryl methyl sites for hydroxylation is 1. The fourth-order valence-corrected chi connectivity index (χ4v) is 2.11. The molecule has 0 unspecified atom stereocenters. The van der Waals surface area contributed by atoms with E-state index in [0.29, 0.717) is 24.5 Å². The van der Waals surface area contributed by atoms with Gasteiger partial charge >= 0.3 is 0 Å². The summed E-state index contributed by atoms with van der Waals surface area (Å²) in [5, 5.41) is 0. The van der Waals surface area contributed by atoms with Crippen molar-refractivity contribution in [3.05, 3.63) is 42.2 Å². The number of benzene rings is 1. The smallest absolute Gasteiger partial charge is 0.223 e. The van der Waals surface area contributed by atoms with Crippen molar-refractivity contribution < 1.29 is 13.6 Å². The second-order valence-corrected chi connectivity index (χ2v) is 4.86. The lowest BCUT2D eigenvalue weighted by molar-refractivity contribution is -0.134. The fourth-order valence-electron chi connectivity index (χ4n) is 2.11. The number of likely N-dealkylation sites (tertiary alicyclic amines) is 1. The van der Waals surface area contributed by atoms with E-state index in [1.807, 2.05) is 4.90 Å². The van der Waals surface area contributed by atoms with Gasteiger partial charge in [-0.2, -0.15) is 0 Å². The van der Waals surface area contributed by atoms with Crippen molar-refractivity contribution in [2.75, 3.05) is 13.1 Å². The number of oxazole rings is 1. The second kappa shape index (κ2) is 5.45. The Bertz CT molecular complexity index is 603. The molecule has 20 heavy (non-hydrogen) atoms. The Kier molecular flexibility index (Phi) is 3.50. The van der Waals surface area contributed by atoms with Crippen molar-refractivity contribution in [1.82, 2.24) is 9.88 Å². The van der Waals surface area contributed by atoms with Crippen LogP contribution in [0.4, 0.5) is 4.39 Å². The van der Waals surface area contributed by atoms with E-state index in [1.54, 1.807) is 18.3 Å². The molecule has 2 aromatic rings. The van der Waals surface area contributed by atoms with Crippen molar-refractivity contribution in [1.29, 1.82) is 0 Å². The molecule has 1 fully saturated rings. The molecule has 0 bridgehead atoms. The molecule has 0 saturated carbocycles. The third-order valence-electron chi connectivity index (χ3n) is 3.44.